The normalized spacial score (nSPS) is 9.83. The summed E-state index contributed by atoms with van der Waals surface area (Å²) >= 11 is 0. The van der Waals surface area contributed by atoms with E-state index in [1.165, 1.54) is 19.5 Å². The molecule has 2 rings (SSSR count). The number of nitrogen functional groups attached to an aromatic ring is 1. The van der Waals surface area contributed by atoms with Gasteiger partial charge in [0.1, 0.15) is 5.75 Å². The van der Waals surface area contributed by atoms with Gasteiger partial charge in [-0.3, -0.25) is 10.1 Å². The van der Waals surface area contributed by atoms with Gasteiger partial charge in [-0.05, 0) is 24.3 Å². The van der Waals surface area contributed by atoms with Gasteiger partial charge in [-0.25, -0.2) is 9.97 Å². The number of hydrogen-bond acceptors (Lipinski definition) is 5. The highest BCUT2D eigenvalue weighted by molar-refractivity contribution is 6.07. The van der Waals surface area contributed by atoms with Crippen LogP contribution in [0.5, 0.6) is 5.75 Å². The van der Waals surface area contributed by atoms with Crippen LogP contribution in [0, 0.1) is 0 Å². The lowest BCUT2D eigenvalue weighted by atomic mass is 10.1. The second-order valence-corrected chi connectivity index (χ2v) is 3.48. The largest absolute Gasteiger partial charge is 0.497 e. The van der Waals surface area contributed by atoms with Crippen molar-refractivity contribution < 1.29 is 9.53 Å². The summed E-state index contributed by atoms with van der Waals surface area (Å²) in [6.45, 7) is 0. The molecule has 0 radical (unpaired) electrons. The highest BCUT2D eigenvalue weighted by Crippen LogP contribution is 2.20. The number of ether oxygens (including phenoxy) is 1. The predicted molar refractivity (Wildman–Crippen MR) is 67.4 cm³/mol. The first-order valence-corrected chi connectivity index (χ1v) is 5.22. The van der Waals surface area contributed by atoms with E-state index in [-0.39, 0.29) is 11.9 Å². The van der Waals surface area contributed by atoms with Crippen LogP contribution in [0.2, 0.25) is 0 Å². The van der Waals surface area contributed by atoms with Gasteiger partial charge >= 0.3 is 0 Å². The molecule has 0 saturated carbocycles. The molecule has 0 fully saturated rings. The van der Waals surface area contributed by atoms with Crippen LogP contribution >= 0.6 is 0 Å². The van der Waals surface area contributed by atoms with Gasteiger partial charge in [-0.15, -0.1) is 0 Å². The minimum absolute atomic E-state index is 0.227. The number of nitrogens with two attached hydrogens (primary N) is 1. The van der Waals surface area contributed by atoms with E-state index in [9.17, 15) is 4.79 Å². The van der Waals surface area contributed by atoms with Gasteiger partial charge in [-0.2, -0.15) is 0 Å². The molecule has 3 N–H and O–H groups in total. The number of nitrogens with zero attached hydrogens (tertiary/aromatic N) is 2. The summed E-state index contributed by atoms with van der Waals surface area (Å²) < 4.78 is 5.04. The Morgan fingerprint density at radius 2 is 2.06 bits per heavy atom. The van der Waals surface area contributed by atoms with Crippen molar-refractivity contribution in [2.75, 3.05) is 18.2 Å². The zero-order chi connectivity index (χ0) is 13.0. The van der Waals surface area contributed by atoms with Crippen LogP contribution < -0.4 is 15.8 Å². The fourth-order valence-corrected chi connectivity index (χ4v) is 1.39. The van der Waals surface area contributed by atoms with E-state index in [2.05, 4.69) is 15.3 Å². The molecule has 0 unspecified atom stereocenters. The molecule has 1 heterocycles. The second kappa shape index (κ2) is 5.13. The van der Waals surface area contributed by atoms with Gasteiger partial charge < -0.3 is 10.5 Å². The van der Waals surface area contributed by atoms with Crippen LogP contribution in [0.25, 0.3) is 0 Å². The molecule has 0 spiro atoms. The monoisotopic (exact) mass is 244 g/mol. The SMILES string of the molecule is COc1ccc(N)c(C(=O)Nc2ncccn2)c1. The van der Waals surface area contributed by atoms with Crippen molar-refractivity contribution in [3.63, 3.8) is 0 Å². The number of methoxy groups -OCH3 is 1. The molecule has 6 heteroatoms. The minimum atomic E-state index is -0.377. The Balaban J connectivity index is 2.23. The first-order chi connectivity index (χ1) is 8.70. The number of carbonyl (C=O) groups is 1. The number of nitrogens with one attached hydrogen (secondary N) is 1. The molecule has 6 nitrogen and oxygen atoms in total. The Labute approximate surface area is 104 Å². The van der Waals surface area contributed by atoms with E-state index in [4.69, 9.17) is 10.5 Å². The van der Waals surface area contributed by atoms with Crippen molar-refractivity contribution in [3.8, 4) is 5.75 Å². The zero-order valence-corrected chi connectivity index (χ0v) is 9.75. The Morgan fingerprint density at radius 1 is 1.33 bits per heavy atom. The summed E-state index contributed by atoms with van der Waals surface area (Å²) in [5.41, 5.74) is 6.43. The number of hydrogen-bond donors (Lipinski definition) is 2. The summed E-state index contributed by atoms with van der Waals surface area (Å²) in [7, 11) is 1.52. The third-order valence-electron chi connectivity index (χ3n) is 2.30. The molecular weight excluding hydrogens is 232 g/mol. The van der Waals surface area contributed by atoms with Crippen molar-refractivity contribution in [2.24, 2.45) is 0 Å². The molecule has 1 amide bonds. The average Bonchev–Trinajstić information content (AvgIpc) is 2.40. The number of amides is 1. The van der Waals surface area contributed by atoms with Crippen molar-refractivity contribution in [3.05, 3.63) is 42.2 Å². The molecule has 2 aromatic rings. The third-order valence-corrected chi connectivity index (χ3v) is 2.30. The smallest absolute Gasteiger partial charge is 0.260 e. The van der Waals surface area contributed by atoms with Crippen LogP contribution in [-0.4, -0.2) is 23.0 Å². The fourth-order valence-electron chi connectivity index (χ4n) is 1.39. The predicted octanol–water partition coefficient (Wildman–Crippen LogP) is 1.32. The van der Waals surface area contributed by atoms with E-state index in [1.54, 1.807) is 24.3 Å². The zero-order valence-electron chi connectivity index (χ0n) is 9.75. The molecule has 1 aromatic carbocycles. The van der Waals surface area contributed by atoms with Crippen LogP contribution in [0.4, 0.5) is 11.6 Å². The lowest BCUT2D eigenvalue weighted by molar-refractivity contribution is 0.102. The molecule has 0 bridgehead atoms. The van der Waals surface area contributed by atoms with E-state index in [0.29, 0.717) is 17.0 Å². The first-order valence-electron chi connectivity index (χ1n) is 5.22. The highest BCUT2D eigenvalue weighted by atomic mass is 16.5. The van der Waals surface area contributed by atoms with Crippen molar-refractivity contribution >= 4 is 17.5 Å². The molecule has 0 aliphatic rings. The number of aromatic nitrogens is 2. The Hall–Kier alpha value is -2.63. The Morgan fingerprint density at radius 3 is 2.72 bits per heavy atom. The first kappa shape index (κ1) is 11.8. The summed E-state index contributed by atoms with van der Waals surface area (Å²) in [5, 5.41) is 2.55. The van der Waals surface area contributed by atoms with Crippen LogP contribution in [-0.2, 0) is 0 Å². The summed E-state index contributed by atoms with van der Waals surface area (Å²) in [6.07, 6.45) is 3.08. The molecule has 1 aromatic heterocycles. The van der Waals surface area contributed by atoms with Crippen LogP contribution in [0.3, 0.4) is 0 Å². The molecule has 0 aliphatic heterocycles. The van der Waals surface area contributed by atoms with E-state index in [1.807, 2.05) is 0 Å². The van der Waals surface area contributed by atoms with Crippen LogP contribution in [0.1, 0.15) is 10.4 Å². The lowest BCUT2D eigenvalue weighted by Gasteiger charge is -2.07. The Kier molecular flexibility index (Phi) is 3.38. The Bertz CT molecular complexity index is 557. The van der Waals surface area contributed by atoms with Crippen LogP contribution in [0.15, 0.2) is 36.7 Å². The second-order valence-electron chi connectivity index (χ2n) is 3.48. The minimum Gasteiger partial charge on any atom is -0.497 e. The molecule has 0 atom stereocenters. The summed E-state index contributed by atoms with van der Waals surface area (Å²) in [6, 6.07) is 6.52. The van der Waals surface area contributed by atoms with Gasteiger partial charge in [0.15, 0.2) is 0 Å². The summed E-state index contributed by atoms with van der Waals surface area (Å²) in [4.78, 5) is 19.8. The van der Waals surface area contributed by atoms with Gasteiger partial charge in [0, 0.05) is 18.1 Å². The van der Waals surface area contributed by atoms with Gasteiger partial charge in [0.2, 0.25) is 5.95 Å². The summed E-state index contributed by atoms with van der Waals surface area (Å²) in [5.74, 6) is 0.408. The molecule has 0 saturated heterocycles. The number of rotatable bonds is 3. The fraction of sp³-hybridized carbons (Fsp3) is 0.0833. The van der Waals surface area contributed by atoms with Gasteiger partial charge in [-0.1, -0.05) is 0 Å². The maximum atomic E-state index is 12.0. The molecule has 0 aliphatic carbocycles. The highest BCUT2D eigenvalue weighted by Gasteiger charge is 2.12. The topological polar surface area (TPSA) is 90.1 Å². The molecule has 92 valence electrons. The van der Waals surface area contributed by atoms with E-state index < -0.39 is 0 Å². The number of anilines is 2. The van der Waals surface area contributed by atoms with E-state index in [0.717, 1.165) is 0 Å². The average molecular weight is 244 g/mol. The van der Waals surface area contributed by atoms with Crippen molar-refractivity contribution in [1.29, 1.82) is 0 Å². The number of benzene rings is 1. The maximum absolute atomic E-state index is 12.0. The lowest BCUT2D eigenvalue weighted by Crippen LogP contribution is -2.15. The van der Waals surface area contributed by atoms with Crippen molar-refractivity contribution in [2.45, 2.75) is 0 Å². The quantitative estimate of drug-likeness (QED) is 0.795. The maximum Gasteiger partial charge on any atom is 0.260 e. The van der Waals surface area contributed by atoms with E-state index >= 15 is 0 Å². The third kappa shape index (κ3) is 2.54. The standard InChI is InChI=1S/C12H12N4O2/c1-18-8-3-4-10(13)9(7-8)11(17)16-12-14-5-2-6-15-12/h2-7H,13H2,1H3,(H,14,15,16,17). The van der Waals surface area contributed by atoms with Gasteiger partial charge in [0.25, 0.3) is 5.91 Å². The molecule has 18 heavy (non-hydrogen) atoms. The number of carbonyl (C=O) groups excluding carboxylic acids is 1. The van der Waals surface area contributed by atoms with Gasteiger partial charge in [0.05, 0.1) is 12.7 Å². The van der Waals surface area contributed by atoms with Crippen molar-refractivity contribution in [1.82, 2.24) is 9.97 Å². The molecular formula is C12H12N4O2.